The van der Waals surface area contributed by atoms with E-state index in [9.17, 15) is 0 Å². The van der Waals surface area contributed by atoms with Gasteiger partial charge in [0, 0.05) is 0 Å². The van der Waals surface area contributed by atoms with E-state index in [1.165, 1.54) is 38.5 Å². The van der Waals surface area contributed by atoms with Crippen LogP contribution in [0, 0.1) is 11.3 Å². The van der Waals surface area contributed by atoms with E-state index in [0.717, 1.165) is 18.8 Å². The number of nitriles is 1. The summed E-state index contributed by atoms with van der Waals surface area (Å²) in [5, 5.41) is 8.67. The molecule has 0 atom stereocenters. The van der Waals surface area contributed by atoms with Gasteiger partial charge in [0.1, 0.15) is 5.75 Å². The van der Waals surface area contributed by atoms with Gasteiger partial charge in [-0.05, 0) is 30.7 Å². The van der Waals surface area contributed by atoms with Crippen molar-refractivity contribution < 1.29 is 4.74 Å². The van der Waals surface area contributed by atoms with E-state index in [-0.39, 0.29) is 0 Å². The zero-order valence-corrected chi connectivity index (χ0v) is 13.3. The van der Waals surface area contributed by atoms with E-state index >= 15 is 0 Å². The lowest BCUT2D eigenvalue weighted by molar-refractivity contribution is 0.304. The smallest absolute Gasteiger partial charge is 0.119 e. The van der Waals surface area contributed by atoms with Crippen molar-refractivity contribution in [1.82, 2.24) is 0 Å². The standard InChI is InChI=1S/C16H23NO.C2H6/c1-2-3-4-5-6-7-8-13-18-16-11-9-15(14-17)10-12-16;1-2/h9-12H,2-8,13H2,1H3;1-2H3. The molecule has 0 aromatic heterocycles. The maximum Gasteiger partial charge on any atom is 0.119 e. The van der Waals surface area contributed by atoms with Crippen molar-refractivity contribution in [3.63, 3.8) is 0 Å². The van der Waals surface area contributed by atoms with Crippen LogP contribution >= 0.6 is 0 Å². The molecule has 0 amide bonds. The fourth-order valence-electron chi connectivity index (χ4n) is 1.87. The zero-order chi connectivity index (χ0) is 15.1. The normalized spacial score (nSPS) is 9.30. The Morgan fingerprint density at radius 3 is 2.00 bits per heavy atom. The highest BCUT2D eigenvalue weighted by Crippen LogP contribution is 2.13. The van der Waals surface area contributed by atoms with Gasteiger partial charge in [-0.2, -0.15) is 5.26 Å². The molecule has 0 aliphatic rings. The van der Waals surface area contributed by atoms with Gasteiger partial charge in [0.05, 0.1) is 18.2 Å². The molecule has 20 heavy (non-hydrogen) atoms. The van der Waals surface area contributed by atoms with E-state index in [1.807, 2.05) is 26.0 Å². The number of rotatable bonds is 9. The molecule has 1 aromatic rings. The van der Waals surface area contributed by atoms with Crippen molar-refractivity contribution in [1.29, 1.82) is 5.26 Å². The minimum Gasteiger partial charge on any atom is -0.494 e. The van der Waals surface area contributed by atoms with Crippen LogP contribution in [-0.2, 0) is 0 Å². The SMILES string of the molecule is CC.CCCCCCCCCOc1ccc(C#N)cc1. The Bertz CT molecular complexity index is 351. The van der Waals surface area contributed by atoms with Gasteiger partial charge < -0.3 is 4.74 Å². The summed E-state index contributed by atoms with van der Waals surface area (Å²) in [5.41, 5.74) is 0.679. The van der Waals surface area contributed by atoms with Crippen LogP contribution in [0.25, 0.3) is 0 Å². The molecule has 0 saturated carbocycles. The molecule has 1 aromatic carbocycles. The molecule has 112 valence electrons. The number of hydrogen-bond acceptors (Lipinski definition) is 2. The van der Waals surface area contributed by atoms with Gasteiger partial charge in [-0.3, -0.25) is 0 Å². The fraction of sp³-hybridized carbons (Fsp3) is 0.611. The first-order valence-electron chi connectivity index (χ1n) is 7.99. The first-order chi connectivity index (χ1) is 9.86. The lowest BCUT2D eigenvalue weighted by Crippen LogP contribution is -1.97. The summed E-state index contributed by atoms with van der Waals surface area (Å²) < 4.78 is 5.62. The first-order valence-corrected chi connectivity index (χ1v) is 7.99. The topological polar surface area (TPSA) is 33.0 Å². The van der Waals surface area contributed by atoms with Crippen molar-refractivity contribution in [2.24, 2.45) is 0 Å². The van der Waals surface area contributed by atoms with Crippen LogP contribution in [-0.4, -0.2) is 6.61 Å². The Morgan fingerprint density at radius 2 is 1.45 bits per heavy atom. The molecular formula is C18H29NO. The van der Waals surface area contributed by atoms with E-state index < -0.39 is 0 Å². The van der Waals surface area contributed by atoms with Crippen LogP contribution in [0.3, 0.4) is 0 Å². The van der Waals surface area contributed by atoms with Gasteiger partial charge in [0.15, 0.2) is 0 Å². The third-order valence-corrected chi connectivity index (χ3v) is 3.00. The second-order valence-corrected chi connectivity index (χ2v) is 4.61. The highest BCUT2D eigenvalue weighted by atomic mass is 16.5. The average Bonchev–Trinajstić information content (AvgIpc) is 2.52. The predicted octanol–water partition coefficient (Wildman–Crippen LogP) is 5.71. The number of nitrogens with zero attached hydrogens (tertiary/aromatic N) is 1. The minimum atomic E-state index is 0.679. The third kappa shape index (κ3) is 9.44. The van der Waals surface area contributed by atoms with Crippen molar-refractivity contribution in [3.05, 3.63) is 29.8 Å². The summed E-state index contributed by atoms with van der Waals surface area (Å²) >= 11 is 0. The predicted molar refractivity (Wildman–Crippen MR) is 86.0 cm³/mol. The van der Waals surface area contributed by atoms with E-state index in [1.54, 1.807) is 12.1 Å². The summed E-state index contributed by atoms with van der Waals surface area (Å²) in [6.45, 7) is 7.02. The molecule has 0 radical (unpaired) electrons. The number of benzene rings is 1. The largest absolute Gasteiger partial charge is 0.494 e. The van der Waals surface area contributed by atoms with E-state index in [2.05, 4.69) is 13.0 Å². The third-order valence-electron chi connectivity index (χ3n) is 3.00. The molecule has 0 heterocycles. The van der Waals surface area contributed by atoms with Gasteiger partial charge in [-0.15, -0.1) is 0 Å². The van der Waals surface area contributed by atoms with Crippen molar-refractivity contribution >= 4 is 0 Å². The molecule has 0 unspecified atom stereocenters. The van der Waals surface area contributed by atoms with Crippen LogP contribution in [0.1, 0.15) is 71.3 Å². The lowest BCUT2D eigenvalue weighted by atomic mass is 10.1. The average molecular weight is 275 g/mol. The summed E-state index contributed by atoms with van der Waals surface area (Å²) in [5.74, 6) is 0.861. The summed E-state index contributed by atoms with van der Waals surface area (Å²) in [4.78, 5) is 0. The summed E-state index contributed by atoms with van der Waals surface area (Å²) in [6, 6.07) is 9.40. The highest BCUT2D eigenvalue weighted by Gasteiger charge is 1.95. The monoisotopic (exact) mass is 275 g/mol. The maximum atomic E-state index is 8.67. The van der Waals surface area contributed by atoms with Gasteiger partial charge in [-0.1, -0.05) is 59.3 Å². The minimum absolute atomic E-state index is 0.679. The van der Waals surface area contributed by atoms with Crippen LogP contribution in [0.15, 0.2) is 24.3 Å². The molecule has 0 fully saturated rings. The summed E-state index contributed by atoms with van der Waals surface area (Å²) in [7, 11) is 0. The number of ether oxygens (including phenoxy) is 1. The Kier molecular flexibility index (Phi) is 12.9. The second-order valence-electron chi connectivity index (χ2n) is 4.61. The molecule has 2 nitrogen and oxygen atoms in total. The van der Waals surface area contributed by atoms with E-state index in [4.69, 9.17) is 10.00 Å². The van der Waals surface area contributed by atoms with Crippen molar-refractivity contribution in [2.45, 2.75) is 65.7 Å². The van der Waals surface area contributed by atoms with Crippen LogP contribution in [0.4, 0.5) is 0 Å². The molecule has 0 bridgehead atoms. The highest BCUT2D eigenvalue weighted by molar-refractivity contribution is 5.34. The van der Waals surface area contributed by atoms with Gasteiger partial charge in [0.25, 0.3) is 0 Å². The first kappa shape index (κ1) is 18.5. The van der Waals surface area contributed by atoms with Crippen molar-refractivity contribution in [2.75, 3.05) is 6.61 Å². The molecule has 0 spiro atoms. The quantitative estimate of drug-likeness (QED) is 0.540. The fourth-order valence-corrected chi connectivity index (χ4v) is 1.87. The number of hydrogen-bond donors (Lipinski definition) is 0. The van der Waals surface area contributed by atoms with Crippen LogP contribution in [0.2, 0.25) is 0 Å². The lowest BCUT2D eigenvalue weighted by Gasteiger charge is -2.05. The van der Waals surface area contributed by atoms with Crippen molar-refractivity contribution in [3.8, 4) is 11.8 Å². The molecule has 0 N–H and O–H groups in total. The Labute approximate surface area is 124 Å². The summed E-state index contributed by atoms with van der Waals surface area (Å²) in [6.07, 6.45) is 9.07. The van der Waals surface area contributed by atoms with Crippen LogP contribution in [0.5, 0.6) is 5.75 Å². The number of unbranched alkanes of at least 4 members (excludes halogenated alkanes) is 6. The molecule has 0 saturated heterocycles. The molecule has 2 heteroatoms. The van der Waals surface area contributed by atoms with E-state index in [0.29, 0.717) is 5.56 Å². The van der Waals surface area contributed by atoms with Gasteiger partial charge >= 0.3 is 0 Å². The molecule has 1 rings (SSSR count). The maximum absolute atomic E-state index is 8.67. The second kappa shape index (κ2) is 13.9. The zero-order valence-electron chi connectivity index (χ0n) is 13.3. The Balaban J connectivity index is 0.00000172. The molecular weight excluding hydrogens is 246 g/mol. The molecule has 0 aliphatic heterocycles. The Morgan fingerprint density at radius 1 is 0.900 bits per heavy atom. The van der Waals surface area contributed by atoms with Crippen LogP contribution < -0.4 is 4.74 Å². The van der Waals surface area contributed by atoms with Gasteiger partial charge in [0.2, 0.25) is 0 Å². The van der Waals surface area contributed by atoms with Gasteiger partial charge in [-0.25, -0.2) is 0 Å². The molecule has 0 aliphatic carbocycles. The Hall–Kier alpha value is -1.49.